The van der Waals surface area contributed by atoms with E-state index < -0.39 is 20.7 Å². The first kappa shape index (κ1) is 9.84. The zero-order chi connectivity index (χ0) is 9.41. The van der Waals surface area contributed by atoms with E-state index in [4.69, 9.17) is 5.26 Å². The maximum Gasteiger partial charge on any atom is 0.154 e. The highest BCUT2D eigenvalue weighted by molar-refractivity contribution is 8.06. The summed E-state index contributed by atoms with van der Waals surface area (Å²) in [5.41, 5.74) is 0. The molecule has 4 nitrogen and oxygen atoms in total. The molecule has 1 N–H and O–H groups in total. The van der Waals surface area contributed by atoms with Crippen molar-refractivity contribution in [3.8, 4) is 5.40 Å². The molecular formula is C6H9NO3S2. The molecule has 2 atom stereocenters. The fourth-order valence-electron chi connectivity index (χ4n) is 1.21. The van der Waals surface area contributed by atoms with Gasteiger partial charge in [0.15, 0.2) is 9.84 Å². The monoisotopic (exact) mass is 207 g/mol. The molecular weight excluding hydrogens is 198 g/mol. The van der Waals surface area contributed by atoms with E-state index in [0.717, 1.165) is 11.8 Å². The van der Waals surface area contributed by atoms with Crippen LogP contribution in [0.5, 0.6) is 0 Å². The summed E-state index contributed by atoms with van der Waals surface area (Å²) in [4.78, 5) is 0. The van der Waals surface area contributed by atoms with Crippen molar-refractivity contribution in [2.75, 3.05) is 11.5 Å². The van der Waals surface area contributed by atoms with Crippen LogP contribution >= 0.6 is 11.8 Å². The van der Waals surface area contributed by atoms with Gasteiger partial charge in [-0.1, -0.05) is 0 Å². The molecule has 6 heteroatoms. The van der Waals surface area contributed by atoms with E-state index in [9.17, 15) is 13.5 Å². The van der Waals surface area contributed by atoms with Crippen molar-refractivity contribution in [1.29, 1.82) is 5.26 Å². The van der Waals surface area contributed by atoms with Gasteiger partial charge in [-0.3, -0.25) is 0 Å². The Hall–Kier alpha value is -0.250. The van der Waals surface area contributed by atoms with Gasteiger partial charge in [0, 0.05) is 0 Å². The Morgan fingerprint density at radius 1 is 1.75 bits per heavy atom. The van der Waals surface area contributed by atoms with Crippen molar-refractivity contribution < 1.29 is 13.5 Å². The molecule has 0 aromatic carbocycles. The highest BCUT2D eigenvalue weighted by Gasteiger charge is 2.47. The van der Waals surface area contributed by atoms with Crippen molar-refractivity contribution in [3.05, 3.63) is 0 Å². The Bertz CT molecular complexity index is 318. The SMILES string of the molecule is CC1(SC#N)CS(=O)(=O)CC1O. The van der Waals surface area contributed by atoms with Crippen LogP contribution in [0.4, 0.5) is 0 Å². The molecule has 1 fully saturated rings. The molecule has 2 unspecified atom stereocenters. The molecule has 0 amide bonds. The second-order valence-corrected chi connectivity index (χ2v) is 6.50. The summed E-state index contributed by atoms with van der Waals surface area (Å²) in [6.07, 6.45) is -0.924. The van der Waals surface area contributed by atoms with E-state index >= 15 is 0 Å². The molecule has 0 aromatic heterocycles. The number of hydrogen-bond donors (Lipinski definition) is 1. The van der Waals surface area contributed by atoms with Crippen molar-refractivity contribution in [2.45, 2.75) is 17.8 Å². The summed E-state index contributed by atoms with van der Waals surface area (Å²) in [7, 11) is -3.15. The maximum absolute atomic E-state index is 11.0. The summed E-state index contributed by atoms with van der Waals surface area (Å²) in [5.74, 6) is -0.336. The van der Waals surface area contributed by atoms with Gasteiger partial charge in [-0.05, 0) is 18.7 Å². The Balaban J connectivity index is 2.90. The molecule has 0 aromatic rings. The molecule has 1 rings (SSSR count). The summed E-state index contributed by atoms with van der Waals surface area (Å²) in [6, 6.07) is 0. The molecule has 68 valence electrons. The van der Waals surface area contributed by atoms with E-state index in [1.165, 1.54) is 0 Å². The van der Waals surface area contributed by atoms with Crippen molar-refractivity contribution in [3.63, 3.8) is 0 Å². The summed E-state index contributed by atoms with van der Waals surface area (Å²) >= 11 is 0.828. The molecule has 0 spiro atoms. The van der Waals surface area contributed by atoms with Crippen LogP contribution in [0.2, 0.25) is 0 Å². The van der Waals surface area contributed by atoms with Gasteiger partial charge < -0.3 is 5.11 Å². The van der Waals surface area contributed by atoms with Crippen molar-refractivity contribution >= 4 is 21.6 Å². The molecule has 1 aliphatic heterocycles. The highest BCUT2D eigenvalue weighted by Crippen LogP contribution is 2.35. The second-order valence-electron chi connectivity index (χ2n) is 3.08. The van der Waals surface area contributed by atoms with Crippen LogP contribution in [0, 0.1) is 10.7 Å². The quantitative estimate of drug-likeness (QED) is 0.600. The van der Waals surface area contributed by atoms with Crippen LogP contribution < -0.4 is 0 Å². The second kappa shape index (κ2) is 2.91. The summed E-state index contributed by atoms with van der Waals surface area (Å²) in [5, 5.41) is 19.6. The number of aliphatic hydroxyl groups excluding tert-OH is 1. The Morgan fingerprint density at radius 2 is 2.33 bits per heavy atom. The Kier molecular flexibility index (Phi) is 2.38. The minimum absolute atomic E-state index is 0.112. The fourth-order valence-corrected chi connectivity index (χ4v) is 4.55. The largest absolute Gasteiger partial charge is 0.391 e. The number of sulfone groups is 1. The van der Waals surface area contributed by atoms with Gasteiger partial charge in [-0.15, -0.1) is 0 Å². The van der Waals surface area contributed by atoms with Crippen LogP contribution in [-0.4, -0.2) is 35.9 Å². The molecule has 0 bridgehead atoms. The number of thiocyanates is 1. The third-order valence-electron chi connectivity index (χ3n) is 1.90. The first-order valence-corrected chi connectivity index (χ1v) is 5.99. The third-order valence-corrected chi connectivity index (χ3v) is 4.92. The van der Waals surface area contributed by atoms with Gasteiger partial charge in [0.05, 0.1) is 22.4 Å². The smallest absolute Gasteiger partial charge is 0.154 e. The van der Waals surface area contributed by atoms with Gasteiger partial charge in [-0.2, -0.15) is 5.26 Å². The lowest BCUT2D eigenvalue weighted by Gasteiger charge is -2.20. The predicted molar refractivity (Wildman–Crippen MR) is 46.3 cm³/mol. The minimum atomic E-state index is -3.15. The van der Waals surface area contributed by atoms with Crippen LogP contribution in [0.3, 0.4) is 0 Å². The standard InChI is InChI=1S/C6H9NO3S2/c1-6(11-4-7)3-12(9,10)2-5(6)8/h5,8H,2-3H2,1H3. The number of thioether (sulfide) groups is 1. The fraction of sp³-hybridized carbons (Fsp3) is 0.833. The van der Waals surface area contributed by atoms with Crippen LogP contribution in [-0.2, 0) is 9.84 Å². The molecule has 1 aliphatic rings. The van der Waals surface area contributed by atoms with Crippen LogP contribution in [0.15, 0.2) is 0 Å². The van der Waals surface area contributed by atoms with Gasteiger partial charge in [0.2, 0.25) is 0 Å². The van der Waals surface area contributed by atoms with E-state index in [0.29, 0.717) is 0 Å². The lowest BCUT2D eigenvalue weighted by molar-refractivity contribution is 0.175. The van der Waals surface area contributed by atoms with E-state index in [1.54, 1.807) is 6.92 Å². The van der Waals surface area contributed by atoms with E-state index in [2.05, 4.69) is 0 Å². The van der Waals surface area contributed by atoms with Gasteiger partial charge in [0.1, 0.15) is 5.40 Å². The normalized spacial score (nSPS) is 39.2. The number of aliphatic hydroxyl groups is 1. The zero-order valence-corrected chi connectivity index (χ0v) is 8.15. The maximum atomic E-state index is 11.0. The lowest BCUT2D eigenvalue weighted by atomic mass is 10.1. The Labute approximate surface area is 75.5 Å². The van der Waals surface area contributed by atoms with Crippen molar-refractivity contribution in [1.82, 2.24) is 0 Å². The van der Waals surface area contributed by atoms with E-state index in [1.807, 2.05) is 5.40 Å². The summed E-state index contributed by atoms with van der Waals surface area (Å²) in [6.45, 7) is 1.59. The molecule has 1 heterocycles. The number of rotatable bonds is 1. The van der Waals surface area contributed by atoms with E-state index in [-0.39, 0.29) is 11.5 Å². The molecule has 0 saturated carbocycles. The number of hydrogen-bond acceptors (Lipinski definition) is 5. The molecule has 12 heavy (non-hydrogen) atoms. The van der Waals surface area contributed by atoms with Crippen molar-refractivity contribution in [2.24, 2.45) is 0 Å². The minimum Gasteiger partial charge on any atom is -0.391 e. The van der Waals surface area contributed by atoms with Gasteiger partial charge in [-0.25, -0.2) is 8.42 Å². The molecule has 0 radical (unpaired) electrons. The zero-order valence-electron chi connectivity index (χ0n) is 6.52. The average Bonchev–Trinajstić information content (AvgIpc) is 2.02. The number of nitriles is 1. The average molecular weight is 207 g/mol. The molecule has 1 saturated heterocycles. The highest BCUT2D eigenvalue weighted by atomic mass is 32.2. The predicted octanol–water partition coefficient (Wildman–Crippen LogP) is -0.251. The van der Waals surface area contributed by atoms with Gasteiger partial charge >= 0.3 is 0 Å². The summed E-state index contributed by atoms with van der Waals surface area (Å²) < 4.78 is 21.3. The first-order chi connectivity index (χ1) is 5.40. The van der Waals surface area contributed by atoms with Gasteiger partial charge in [0.25, 0.3) is 0 Å². The van der Waals surface area contributed by atoms with Crippen LogP contribution in [0.1, 0.15) is 6.92 Å². The molecule has 0 aliphatic carbocycles. The Morgan fingerprint density at radius 3 is 2.67 bits per heavy atom. The first-order valence-electron chi connectivity index (χ1n) is 3.35. The topological polar surface area (TPSA) is 78.2 Å². The lowest BCUT2D eigenvalue weighted by Crippen LogP contribution is -2.33. The number of nitrogens with zero attached hydrogens (tertiary/aromatic N) is 1. The van der Waals surface area contributed by atoms with Crippen LogP contribution in [0.25, 0.3) is 0 Å². The third kappa shape index (κ3) is 1.73.